The first-order chi connectivity index (χ1) is 10.1. The van der Waals surface area contributed by atoms with Crippen molar-refractivity contribution in [3.63, 3.8) is 0 Å². The molecule has 21 heavy (non-hydrogen) atoms. The number of hydrogen-bond acceptors (Lipinski definition) is 5. The molecule has 1 aliphatic carbocycles. The van der Waals surface area contributed by atoms with Gasteiger partial charge in [0.25, 0.3) is 0 Å². The first kappa shape index (κ1) is 13.3. The second kappa shape index (κ2) is 5.35. The van der Waals surface area contributed by atoms with E-state index in [1.165, 1.54) is 6.92 Å². The number of nitrogens with one attached hydrogen (secondary N) is 2. The second-order valence-electron chi connectivity index (χ2n) is 4.94. The third-order valence-electron chi connectivity index (χ3n) is 3.11. The van der Waals surface area contributed by atoms with E-state index in [9.17, 15) is 9.59 Å². The number of hydrogen-bond donors (Lipinski definition) is 2. The van der Waals surface area contributed by atoms with Gasteiger partial charge in [-0.25, -0.2) is 4.79 Å². The highest BCUT2D eigenvalue weighted by atomic mass is 16.4. The SMILES string of the molecule is CC(=O)c1cccc(NC(=O)Nc2nnc(C3CC3)o2)c1. The van der Waals surface area contributed by atoms with Crippen molar-refractivity contribution in [2.75, 3.05) is 10.6 Å². The highest BCUT2D eigenvalue weighted by molar-refractivity contribution is 6.00. The highest BCUT2D eigenvalue weighted by Crippen LogP contribution is 2.39. The molecule has 2 N–H and O–H groups in total. The number of nitrogens with zero attached hydrogens (tertiary/aromatic N) is 2. The lowest BCUT2D eigenvalue weighted by Gasteiger charge is -2.05. The minimum absolute atomic E-state index is 0.0648. The van der Waals surface area contributed by atoms with Gasteiger partial charge in [-0.05, 0) is 31.9 Å². The van der Waals surface area contributed by atoms with Crippen LogP contribution in [0.3, 0.4) is 0 Å². The Hall–Kier alpha value is -2.70. The predicted molar refractivity (Wildman–Crippen MR) is 75.4 cm³/mol. The van der Waals surface area contributed by atoms with Crippen LogP contribution in [0.1, 0.15) is 41.9 Å². The van der Waals surface area contributed by atoms with Gasteiger partial charge in [-0.15, -0.1) is 5.10 Å². The van der Waals surface area contributed by atoms with Crippen LogP contribution >= 0.6 is 0 Å². The third-order valence-corrected chi connectivity index (χ3v) is 3.11. The summed E-state index contributed by atoms with van der Waals surface area (Å²) in [5.74, 6) is 0.831. The summed E-state index contributed by atoms with van der Waals surface area (Å²) >= 11 is 0. The van der Waals surface area contributed by atoms with E-state index >= 15 is 0 Å². The predicted octanol–water partition coefficient (Wildman–Crippen LogP) is 2.79. The number of carbonyl (C=O) groups excluding carboxylic acids is 2. The Morgan fingerprint density at radius 1 is 1.24 bits per heavy atom. The number of rotatable bonds is 4. The van der Waals surface area contributed by atoms with Gasteiger partial charge in [-0.1, -0.05) is 17.2 Å². The van der Waals surface area contributed by atoms with Crippen molar-refractivity contribution in [3.8, 4) is 0 Å². The minimum Gasteiger partial charge on any atom is -0.408 e. The van der Waals surface area contributed by atoms with Gasteiger partial charge >= 0.3 is 12.0 Å². The van der Waals surface area contributed by atoms with Crippen LogP contribution in [-0.2, 0) is 0 Å². The van der Waals surface area contributed by atoms with Gasteiger partial charge in [0.05, 0.1) is 0 Å². The van der Waals surface area contributed by atoms with E-state index in [-0.39, 0.29) is 11.8 Å². The van der Waals surface area contributed by atoms with E-state index in [2.05, 4.69) is 20.8 Å². The van der Waals surface area contributed by atoms with E-state index < -0.39 is 6.03 Å². The van der Waals surface area contributed by atoms with Crippen LogP contribution in [-0.4, -0.2) is 22.0 Å². The zero-order valence-corrected chi connectivity index (χ0v) is 11.4. The summed E-state index contributed by atoms with van der Waals surface area (Å²) in [6.07, 6.45) is 2.09. The van der Waals surface area contributed by atoms with Crippen LogP contribution in [0, 0.1) is 0 Å². The average Bonchev–Trinajstić information content (AvgIpc) is 3.20. The first-order valence-electron chi connectivity index (χ1n) is 6.64. The lowest BCUT2D eigenvalue weighted by Crippen LogP contribution is -2.19. The Morgan fingerprint density at radius 3 is 2.76 bits per heavy atom. The fourth-order valence-electron chi connectivity index (χ4n) is 1.86. The van der Waals surface area contributed by atoms with E-state index in [0.717, 1.165) is 12.8 Å². The molecule has 0 atom stereocenters. The Morgan fingerprint density at radius 2 is 2.05 bits per heavy atom. The number of anilines is 2. The molecule has 1 saturated carbocycles. The third kappa shape index (κ3) is 3.25. The van der Waals surface area contributed by atoms with Gasteiger partial charge in [-0.3, -0.25) is 10.1 Å². The summed E-state index contributed by atoms with van der Waals surface area (Å²) in [5, 5.41) is 12.7. The van der Waals surface area contributed by atoms with Gasteiger partial charge < -0.3 is 9.73 Å². The Balaban J connectivity index is 1.62. The summed E-state index contributed by atoms with van der Waals surface area (Å²) in [6.45, 7) is 1.47. The fourth-order valence-corrected chi connectivity index (χ4v) is 1.86. The molecule has 0 bridgehead atoms. The molecule has 7 heteroatoms. The van der Waals surface area contributed by atoms with Gasteiger partial charge in [0.15, 0.2) is 5.78 Å². The van der Waals surface area contributed by atoms with Crippen LogP contribution in [0.25, 0.3) is 0 Å². The summed E-state index contributed by atoms with van der Waals surface area (Å²) in [6, 6.07) is 6.25. The zero-order valence-electron chi connectivity index (χ0n) is 11.4. The molecule has 3 rings (SSSR count). The number of benzene rings is 1. The first-order valence-corrected chi connectivity index (χ1v) is 6.64. The van der Waals surface area contributed by atoms with Crippen molar-refractivity contribution in [3.05, 3.63) is 35.7 Å². The molecule has 1 fully saturated rings. The lowest BCUT2D eigenvalue weighted by molar-refractivity contribution is 0.101. The minimum atomic E-state index is -0.498. The molecule has 1 aromatic carbocycles. The monoisotopic (exact) mass is 286 g/mol. The number of carbonyl (C=O) groups is 2. The maximum absolute atomic E-state index is 11.8. The van der Waals surface area contributed by atoms with Crippen molar-refractivity contribution in [1.82, 2.24) is 10.2 Å². The molecular formula is C14H14N4O3. The molecule has 0 radical (unpaired) electrons. The van der Waals surface area contributed by atoms with E-state index in [1.54, 1.807) is 24.3 Å². The summed E-state index contributed by atoms with van der Waals surface area (Å²) < 4.78 is 5.33. The summed E-state index contributed by atoms with van der Waals surface area (Å²) in [5.41, 5.74) is 1.05. The van der Waals surface area contributed by atoms with Gasteiger partial charge in [-0.2, -0.15) is 0 Å². The Bertz CT molecular complexity index is 691. The molecule has 1 heterocycles. The molecule has 0 saturated heterocycles. The molecule has 7 nitrogen and oxygen atoms in total. The van der Waals surface area contributed by atoms with E-state index in [0.29, 0.717) is 23.1 Å². The molecule has 0 spiro atoms. The molecule has 1 aromatic heterocycles. The number of Topliss-reactive ketones (excluding diaryl/α,β-unsaturated/α-hetero) is 1. The number of urea groups is 1. The van der Waals surface area contributed by atoms with Crippen molar-refractivity contribution < 1.29 is 14.0 Å². The van der Waals surface area contributed by atoms with Gasteiger partial charge in [0, 0.05) is 17.2 Å². The maximum atomic E-state index is 11.8. The van der Waals surface area contributed by atoms with Crippen molar-refractivity contribution >= 4 is 23.5 Å². The van der Waals surface area contributed by atoms with Gasteiger partial charge in [0.1, 0.15) is 0 Å². The van der Waals surface area contributed by atoms with Crippen molar-refractivity contribution in [2.24, 2.45) is 0 Å². The topological polar surface area (TPSA) is 97.1 Å². The smallest absolute Gasteiger partial charge is 0.327 e. The quantitative estimate of drug-likeness (QED) is 0.842. The van der Waals surface area contributed by atoms with Crippen molar-refractivity contribution in [2.45, 2.75) is 25.7 Å². The molecule has 1 aliphatic rings. The Kier molecular flexibility index (Phi) is 3.39. The lowest BCUT2D eigenvalue weighted by atomic mass is 10.1. The standard InChI is InChI=1S/C14H14N4O3/c1-8(19)10-3-2-4-11(7-10)15-13(20)16-14-18-17-12(21-14)9-5-6-9/h2-4,7,9H,5-6H2,1H3,(H2,15,16,18,20). The molecular weight excluding hydrogens is 272 g/mol. The normalized spacial score (nSPS) is 13.8. The second-order valence-corrected chi connectivity index (χ2v) is 4.94. The van der Waals surface area contributed by atoms with Crippen LogP contribution in [0.2, 0.25) is 0 Å². The Labute approximate surface area is 120 Å². The average molecular weight is 286 g/mol. The number of ketones is 1. The van der Waals surface area contributed by atoms with Crippen LogP contribution < -0.4 is 10.6 Å². The number of amides is 2. The van der Waals surface area contributed by atoms with Crippen LogP contribution in [0.5, 0.6) is 0 Å². The molecule has 2 amide bonds. The van der Waals surface area contributed by atoms with Crippen LogP contribution in [0.15, 0.2) is 28.7 Å². The summed E-state index contributed by atoms with van der Waals surface area (Å²) in [4.78, 5) is 23.1. The van der Waals surface area contributed by atoms with Crippen LogP contribution in [0.4, 0.5) is 16.5 Å². The maximum Gasteiger partial charge on any atom is 0.327 e. The van der Waals surface area contributed by atoms with E-state index in [4.69, 9.17) is 4.42 Å². The largest absolute Gasteiger partial charge is 0.408 e. The highest BCUT2D eigenvalue weighted by Gasteiger charge is 2.29. The van der Waals surface area contributed by atoms with Gasteiger partial charge in [0.2, 0.25) is 5.89 Å². The molecule has 2 aromatic rings. The van der Waals surface area contributed by atoms with E-state index in [1.807, 2.05) is 0 Å². The molecule has 0 aliphatic heterocycles. The number of aromatic nitrogens is 2. The zero-order chi connectivity index (χ0) is 14.8. The molecule has 108 valence electrons. The van der Waals surface area contributed by atoms with Crippen molar-refractivity contribution in [1.29, 1.82) is 0 Å². The fraction of sp³-hybridized carbons (Fsp3) is 0.286. The molecule has 0 unspecified atom stereocenters. The summed E-state index contributed by atoms with van der Waals surface area (Å²) in [7, 11) is 0.